The van der Waals surface area contributed by atoms with Crippen LogP contribution in [0.25, 0.3) is 0 Å². The van der Waals surface area contributed by atoms with Crippen LogP contribution in [0.1, 0.15) is 38.5 Å². The van der Waals surface area contributed by atoms with Gasteiger partial charge in [0.15, 0.2) is 0 Å². The Hall–Kier alpha value is 0.350. The third-order valence-corrected chi connectivity index (χ3v) is 22.8. The van der Waals surface area contributed by atoms with Crippen molar-refractivity contribution in [2.24, 2.45) is 119 Å². The molecule has 0 heterocycles. The first-order valence-electron chi connectivity index (χ1n) is 13.9. The molecule has 10 spiro atoms. The standard InChI is InChI=1S/C28H24S/c29-27-13-4-18-5-21(27)19-6-20-16(14(19)10-2-9(13)22(10,19)27)15-11-1-7-8-3-12-17(18)26(28(18,20)21)24(8,12)23(7,11)25(15,20)26/h7-17,29H,1-6H2. The van der Waals surface area contributed by atoms with Gasteiger partial charge >= 0.3 is 0 Å². The second kappa shape index (κ2) is 1.91. The highest BCUT2D eigenvalue weighted by Gasteiger charge is 3.41. The van der Waals surface area contributed by atoms with Crippen LogP contribution in [-0.2, 0) is 0 Å². The van der Waals surface area contributed by atoms with E-state index in [-0.39, 0.29) is 0 Å². The fraction of sp³-hybridized carbons (Fsp3) is 1.00. The summed E-state index contributed by atoms with van der Waals surface area (Å²) < 4.78 is 0.600. The van der Waals surface area contributed by atoms with Gasteiger partial charge in [-0.25, -0.2) is 0 Å². The van der Waals surface area contributed by atoms with Crippen molar-refractivity contribution in [2.75, 3.05) is 0 Å². The molecule has 0 amide bonds. The monoisotopic (exact) mass is 392 g/mol. The smallest absolute Gasteiger partial charge is 0.0296 e. The van der Waals surface area contributed by atoms with Crippen molar-refractivity contribution < 1.29 is 0 Å². The maximum absolute atomic E-state index is 5.99. The van der Waals surface area contributed by atoms with Crippen molar-refractivity contribution >= 4 is 12.6 Å². The molecular formula is C28H24S. The highest BCUT2D eigenvalue weighted by atomic mass is 32.1. The zero-order valence-electron chi connectivity index (χ0n) is 16.5. The summed E-state index contributed by atoms with van der Waals surface area (Å²) in [5.41, 5.74) is 9.63. The van der Waals surface area contributed by atoms with E-state index in [9.17, 15) is 0 Å². The number of fused-ring (bicyclic) bond motifs is 6. The highest BCUT2D eigenvalue weighted by molar-refractivity contribution is 7.82. The average molecular weight is 393 g/mol. The van der Waals surface area contributed by atoms with Gasteiger partial charge in [0.1, 0.15) is 0 Å². The van der Waals surface area contributed by atoms with E-state index in [0.29, 0.717) is 4.75 Å². The van der Waals surface area contributed by atoms with Gasteiger partial charge in [-0.2, -0.15) is 12.6 Å². The Morgan fingerprint density at radius 1 is 0.621 bits per heavy atom. The summed E-state index contributed by atoms with van der Waals surface area (Å²) in [6.45, 7) is 0. The van der Waals surface area contributed by atoms with Gasteiger partial charge in [0.05, 0.1) is 0 Å². The molecular weight excluding hydrogens is 368 g/mol. The van der Waals surface area contributed by atoms with Crippen molar-refractivity contribution in [3.63, 3.8) is 0 Å². The minimum atomic E-state index is 0.600. The molecule has 22 atom stereocenters. The van der Waals surface area contributed by atoms with Crippen LogP contribution in [0.3, 0.4) is 0 Å². The molecule has 0 aromatic rings. The van der Waals surface area contributed by atoms with E-state index in [1.807, 2.05) is 6.42 Å². The predicted molar refractivity (Wildman–Crippen MR) is 102 cm³/mol. The van der Waals surface area contributed by atoms with Crippen molar-refractivity contribution in [1.82, 2.24) is 0 Å². The Morgan fingerprint density at radius 2 is 1.38 bits per heavy atom. The lowest BCUT2D eigenvalue weighted by Gasteiger charge is -3.36. The Labute approximate surface area is 175 Å². The lowest BCUT2D eigenvalue weighted by molar-refractivity contribution is -0.903. The number of thiol groups is 1. The quantitative estimate of drug-likeness (QED) is 0.595. The lowest BCUT2D eigenvalue weighted by atomic mass is 8.67. The molecule has 0 nitrogen and oxygen atoms in total. The first kappa shape index (κ1) is 11.5. The predicted octanol–water partition coefficient (Wildman–Crippen LogP) is 3.87. The second-order valence-corrected chi connectivity index (χ2v) is 18.0. The van der Waals surface area contributed by atoms with Gasteiger partial charge in [-0.05, 0) is 152 Å². The summed E-state index contributed by atoms with van der Waals surface area (Å²) in [4.78, 5) is 0. The molecule has 0 aromatic carbocycles. The van der Waals surface area contributed by atoms with Crippen LogP contribution in [0, 0.1) is 119 Å². The first-order valence-corrected chi connectivity index (χ1v) is 14.3. The van der Waals surface area contributed by atoms with Crippen molar-refractivity contribution in [1.29, 1.82) is 0 Å². The molecule has 17 fully saturated rings. The van der Waals surface area contributed by atoms with E-state index in [1.165, 1.54) is 59.2 Å². The van der Waals surface area contributed by atoms with Gasteiger partial charge in [0.25, 0.3) is 0 Å². The molecule has 142 valence electrons. The van der Waals surface area contributed by atoms with Crippen LogP contribution in [0.2, 0.25) is 0 Å². The SMILES string of the molecule is SC12C3CC45CC16C17CC89C(C1C1CC3C127)C1C2CC3C7CC%10C4C4(C7%10C32C184)C596. The number of hydrogen-bond acceptors (Lipinski definition) is 1. The normalized spacial score (nSPS) is 119. The van der Waals surface area contributed by atoms with E-state index in [2.05, 4.69) is 0 Å². The van der Waals surface area contributed by atoms with Gasteiger partial charge in [0, 0.05) is 10.2 Å². The van der Waals surface area contributed by atoms with Crippen LogP contribution in [0.4, 0.5) is 0 Å². The topological polar surface area (TPSA) is 0 Å². The molecule has 0 aliphatic heterocycles. The first-order chi connectivity index (χ1) is 14.2. The molecule has 17 aliphatic rings. The Balaban J connectivity index is 1.18. The minimum Gasteiger partial charge on any atom is -0.171 e. The molecule has 17 rings (SSSR count). The average Bonchev–Trinajstić information content (AvgIpc) is 2.96. The van der Waals surface area contributed by atoms with Gasteiger partial charge in [-0.1, -0.05) is 0 Å². The Kier molecular flexibility index (Phi) is 0.756. The van der Waals surface area contributed by atoms with Gasteiger partial charge in [-0.3, -0.25) is 0 Å². The number of hydrogen-bond donors (Lipinski definition) is 1. The fourth-order valence-corrected chi connectivity index (χ4v) is 27.0. The summed E-state index contributed by atoms with van der Waals surface area (Å²) in [5, 5.41) is 0. The molecule has 22 unspecified atom stereocenters. The van der Waals surface area contributed by atoms with Crippen molar-refractivity contribution in [2.45, 2.75) is 43.3 Å². The third-order valence-electron chi connectivity index (χ3n) is 21.8. The maximum atomic E-state index is 5.99. The lowest BCUT2D eigenvalue weighted by Crippen LogP contribution is -3.34. The molecule has 17 aliphatic carbocycles. The summed E-state index contributed by atoms with van der Waals surface area (Å²) in [6.07, 6.45) is 10.5. The Bertz CT molecular complexity index is 1420. The molecule has 2 bridgehead atoms. The Morgan fingerprint density at radius 3 is 2.28 bits per heavy atom. The molecule has 0 saturated heterocycles. The fourth-order valence-electron chi connectivity index (χ4n) is 25.8. The minimum absolute atomic E-state index is 0.600. The van der Waals surface area contributed by atoms with E-state index < -0.39 is 0 Å². The summed E-state index contributed by atoms with van der Waals surface area (Å²) in [5.74, 6) is 13.9. The van der Waals surface area contributed by atoms with Crippen molar-refractivity contribution in [3.8, 4) is 0 Å². The molecule has 0 N–H and O–H groups in total. The van der Waals surface area contributed by atoms with Crippen LogP contribution in [0.5, 0.6) is 0 Å². The molecule has 0 aromatic heterocycles. The van der Waals surface area contributed by atoms with Gasteiger partial charge in [0.2, 0.25) is 0 Å². The summed E-state index contributed by atoms with van der Waals surface area (Å²) >= 11 is 5.99. The van der Waals surface area contributed by atoms with Crippen LogP contribution in [0.15, 0.2) is 0 Å². The largest absolute Gasteiger partial charge is 0.171 e. The third kappa shape index (κ3) is 0.324. The van der Waals surface area contributed by atoms with E-state index >= 15 is 0 Å². The summed E-state index contributed by atoms with van der Waals surface area (Å²) in [7, 11) is 0. The van der Waals surface area contributed by atoms with Gasteiger partial charge in [-0.15, -0.1) is 0 Å². The molecule has 0 radical (unpaired) electrons. The van der Waals surface area contributed by atoms with Gasteiger partial charge < -0.3 is 0 Å². The zero-order valence-corrected chi connectivity index (χ0v) is 17.4. The molecule has 1 heteroatoms. The second-order valence-electron chi connectivity index (χ2n) is 17.3. The van der Waals surface area contributed by atoms with E-state index in [1.54, 1.807) is 32.1 Å². The molecule has 29 heavy (non-hydrogen) atoms. The van der Waals surface area contributed by atoms with Crippen molar-refractivity contribution in [3.05, 3.63) is 0 Å². The van der Waals surface area contributed by atoms with E-state index in [4.69, 9.17) is 12.6 Å². The number of rotatable bonds is 0. The van der Waals surface area contributed by atoms with Crippen LogP contribution >= 0.6 is 12.6 Å². The summed E-state index contributed by atoms with van der Waals surface area (Å²) in [6, 6.07) is 0. The zero-order chi connectivity index (χ0) is 17.1. The molecule has 17 saturated carbocycles. The van der Waals surface area contributed by atoms with Crippen LogP contribution < -0.4 is 0 Å². The maximum Gasteiger partial charge on any atom is 0.0296 e. The van der Waals surface area contributed by atoms with E-state index in [0.717, 1.165) is 60.1 Å². The van der Waals surface area contributed by atoms with Crippen LogP contribution in [-0.4, -0.2) is 4.75 Å². The highest BCUT2D eigenvalue weighted by Crippen LogP contribution is 3.43.